The molecule has 2 rings (SSSR count). The number of amides is 3. The predicted molar refractivity (Wildman–Crippen MR) is 145 cm³/mol. The Morgan fingerprint density at radius 2 is 1.25 bits per heavy atom. The lowest BCUT2D eigenvalue weighted by Crippen LogP contribution is -2.58. The zero-order chi connectivity index (χ0) is 29.8. The van der Waals surface area contributed by atoms with Crippen LogP contribution < -0.4 is 21.7 Å². The summed E-state index contributed by atoms with van der Waals surface area (Å²) in [5.74, 6) is -5.37. The van der Waals surface area contributed by atoms with Gasteiger partial charge in [-0.05, 0) is 29.2 Å². The maximum atomic E-state index is 13.3. The van der Waals surface area contributed by atoms with Gasteiger partial charge in [-0.2, -0.15) is 0 Å². The highest BCUT2D eigenvalue weighted by molar-refractivity contribution is 5.95. The van der Waals surface area contributed by atoms with Crippen molar-refractivity contribution in [3.63, 3.8) is 0 Å². The van der Waals surface area contributed by atoms with Crippen LogP contribution in [0.3, 0.4) is 0 Å². The standard InChI is InChI=1S/C28H36N4O8/c1-3-16(2)24(29)27(38)31-21(15-23(34)35)26(37)30-20(13-17-7-5-4-6-8-17)25(36)32-22(28(39)40)14-18-9-11-19(33)12-10-18/h4-12,16,20-22,24,33H,3,13-15,29H2,1-2H3,(H,30,37)(H,31,38)(H,32,36)(H,34,35)(H,39,40). The van der Waals surface area contributed by atoms with E-state index in [9.17, 15) is 39.3 Å². The number of rotatable bonds is 15. The van der Waals surface area contributed by atoms with Crippen molar-refractivity contribution in [1.82, 2.24) is 16.0 Å². The number of nitrogens with two attached hydrogens (primary N) is 1. The minimum absolute atomic E-state index is 0.00147. The van der Waals surface area contributed by atoms with Crippen molar-refractivity contribution < 1.29 is 39.3 Å². The summed E-state index contributed by atoms with van der Waals surface area (Å²) in [6.45, 7) is 3.58. The van der Waals surface area contributed by atoms with Gasteiger partial charge in [0.25, 0.3) is 0 Å². The summed E-state index contributed by atoms with van der Waals surface area (Å²) < 4.78 is 0. The largest absolute Gasteiger partial charge is 0.508 e. The zero-order valence-electron chi connectivity index (χ0n) is 22.4. The van der Waals surface area contributed by atoms with Gasteiger partial charge in [0.1, 0.15) is 23.9 Å². The third kappa shape index (κ3) is 10.0. The number of aromatic hydroxyl groups is 1. The van der Waals surface area contributed by atoms with Crippen LogP contribution in [0.25, 0.3) is 0 Å². The van der Waals surface area contributed by atoms with E-state index in [2.05, 4.69) is 16.0 Å². The van der Waals surface area contributed by atoms with Gasteiger partial charge in [0.05, 0.1) is 12.5 Å². The van der Waals surface area contributed by atoms with E-state index in [-0.39, 0.29) is 24.5 Å². The number of phenols is 1. The molecule has 3 amide bonds. The van der Waals surface area contributed by atoms with Crippen LogP contribution >= 0.6 is 0 Å². The van der Waals surface area contributed by atoms with Gasteiger partial charge in [-0.25, -0.2) is 4.79 Å². The Hall–Kier alpha value is -4.45. The average Bonchev–Trinajstić information content (AvgIpc) is 2.92. The van der Waals surface area contributed by atoms with Crippen molar-refractivity contribution in [2.45, 2.75) is 63.7 Å². The molecule has 0 spiro atoms. The first kappa shape index (κ1) is 31.8. The van der Waals surface area contributed by atoms with Crippen molar-refractivity contribution in [2.75, 3.05) is 0 Å². The zero-order valence-corrected chi connectivity index (χ0v) is 22.4. The molecule has 216 valence electrons. The number of phenolic OH excluding ortho intramolecular Hbond substituents is 1. The van der Waals surface area contributed by atoms with Crippen molar-refractivity contribution in [1.29, 1.82) is 0 Å². The van der Waals surface area contributed by atoms with Crippen LogP contribution in [0.15, 0.2) is 54.6 Å². The highest BCUT2D eigenvalue weighted by Crippen LogP contribution is 2.12. The number of nitrogens with one attached hydrogen (secondary N) is 3. The quantitative estimate of drug-likeness (QED) is 0.163. The number of aliphatic carboxylic acids is 2. The molecule has 12 nitrogen and oxygen atoms in total. The number of carboxylic acids is 2. The van der Waals surface area contributed by atoms with E-state index in [0.717, 1.165) is 0 Å². The molecular weight excluding hydrogens is 520 g/mol. The Morgan fingerprint density at radius 3 is 1.80 bits per heavy atom. The molecule has 0 aliphatic carbocycles. The highest BCUT2D eigenvalue weighted by atomic mass is 16.4. The molecule has 0 aliphatic heterocycles. The lowest BCUT2D eigenvalue weighted by atomic mass is 9.98. The van der Waals surface area contributed by atoms with Crippen LogP contribution in [-0.4, -0.2) is 69.1 Å². The summed E-state index contributed by atoms with van der Waals surface area (Å²) >= 11 is 0. The fraction of sp³-hybridized carbons (Fsp3) is 0.393. The molecule has 0 fully saturated rings. The lowest BCUT2D eigenvalue weighted by molar-refractivity contribution is -0.143. The molecule has 40 heavy (non-hydrogen) atoms. The second kappa shape index (κ2) is 15.2. The molecule has 5 unspecified atom stereocenters. The molecule has 0 heterocycles. The van der Waals surface area contributed by atoms with Gasteiger partial charge in [-0.3, -0.25) is 19.2 Å². The van der Waals surface area contributed by atoms with Crippen LogP contribution in [0.4, 0.5) is 0 Å². The van der Waals surface area contributed by atoms with E-state index in [1.54, 1.807) is 37.3 Å². The molecule has 0 aliphatic rings. The van der Waals surface area contributed by atoms with E-state index in [1.807, 2.05) is 6.92 Å². The minimum atomic E-state index is -1.53. The topological polar surface area (TPSA) is 208 Å². The van der Waals surface area contributed by atoms with Crippen molar-refractivity contribution in [3.8, 4) is 5.75 Å². The first-order valence-corrected chi connectivity index (χ1v) is 12.8. The Labute approximate surface area is 232 Å². The number of benzene rings is 2. The number of carboxylic acid groups (broad SMARTS) is 2. The van der Waals surface area contributed by atoms with E-state index in [1.165, 1.54) is 24.3 Å². The Bertz CT molecular complexity index is 1170. The maximum Gasteiger partial charge on any atom is 0.326 e. The van der Waals surface area contributed by atoms with Gasteiger partial charge in [-0.15, -0.1) is 0 Å². The monoisotopic (exact) mass is 556 g/mol. The molecule has 2 aromatic rings. The van der Waals surface area contributed by atoms with E-state index in [4.69, 9.17) is 5.73 Å². The van der Waals surface area contributed by atoms with Crippen LogP contribution in [0.1, 0.15) is 37.8 Å². The summed E-state index contributed by atoms with van der Waals surface area (Å²) in [6.07, 6.45) is -0.315. The van der Waals surface area contributed by atoms with E-state index < -0.39 is 60.2 Å². The smallest absolute Gasteiger partial charge is 0.326 e. The summed E-state index contributed by atoms with van der Waals surface area (Å²) in [6, 6.07) is 9.26. The predicted octanol–water partition coefficient (Wildman–Crippen LogP) is 0.565. The van der Waals surface area contributed by atoms with E-state index in [0.29, 0.717) is 17.5 Å². The molecule has 0 bridgehead atoms. The van der Waals surface area contributed by atoms with Crippen LogP contribution in [0, 0.1) is 5.92 Å². The molecule has 12 heteroatoms. The Kier molecular flexibility index (Phi) is 12.1. The first-order chi connectivity index (χ1) is 18.9. The van der Waals surface area contributed by atoms with Crippen LogP contribution in [0.2, 0.25) is 0 Å². The summed E-state index contributed by atoms with van der Waals surface area (Å²) in [5, 5.41) is 35.8. The van der Waals surface area contributed by atoms with Crippen LogP contribution in [-0.2, 0) is 36.8 Å². The third-order valence-corrected chi connectivity index (χ3v) is 6.48. The van der Waals surface area contributed by atoms with Gasteiger partial charge in [0.15, 0.2) is 0 Å². The molecule has 8 N–H and O–H groups in total. The molecule has 5 atom stereocenters. The second-order valence-corrected chi connectivity index (χ2v) is 9.59. The lowest BCUT2D eigenvalue weighted by Gasteiger charge is -2.25. The maximum absolute atomic E-state index is 13.3. The van der Waals surface area contributed by atoms with Gasteiger partial charge in [0, 0.05) is 12.8 Å². The van der Waals surface area contributed by atoms with Gasteiger partial charge in [0.2, 0.25) is 17.7 Å². The minimum Gasteiger partial charge on any atom is -0.508 e. The second-order valence-electron chi connectivity index (χ2n) is 9.59. The number of hydrogen-bond donors (Lipinski definition) is 7. The van der Waals surface area contributed by atoms with Crippen molar-refractivity contribution in [2.24, 2.45) is 11.7 Å². The van der Waals surface area contributed by atoms with Crippen molar-refractivity contribution in [3.05, 3.63) is 65.7 Å². The summed E-state index contributed by atoms with van der Waals surface area (Å²) in [5.41, 5.74) is 7.11. The fourth-order valence-electron chi connectivity index (χ4n) is 3.84. The molecule has 2 aromatic carbocycles. The Morgan fingerprint density at radius 1 is 0.750 bits per heavy atom. The molecule has 0 aromatic heterocycles. The van der Waals surface area contributed by atoms with Gasteiger partial charge in [-0.1, -0.05) is 62.7 Å². The fourth-order valence-corrected chi connectivity index (χ4v) is 3.84. The number of carbonyl (C=O) groups is 5. The number of hydrogen-bond acceptors (Lipinski definition) is 7. The average molecular weight is 557 g/mol. The first-order valence-electron chi connectivity index (χ1n) is 12.8. The Balaban J connectivity index is 2.26. The van der Waals surface area contributed by atoms with Crippen LogP contribution in [0.5, 0.6) is 5.75 Å². The molecule has 0 saturated carbocycles. The van der Waals surface area contributed by atoms with E-state index >= 15 is 0 Å². The third-order valence-electron chi connectivity index (χ3n) is 6.48. The number of carbonyl (C=O) groups excluding carboxylic acids is 3. The molecule has 0 radical (unpaired) electrons. The van der Waals surface area contributed by atoms with Gasteiger partial charge < -0.3 is 37.0 Å². The summed E-state index contributed by atoms with van der Waals surface area (Å²) in [7, 11) is 0. The normalized spacial score (nSPS) is 14.6. The van der Waals surface area contributed by atoms with Crippen molar-refractivity contribution >= 4 is 29.7 Å². The molecular formula is C28H36N4O8. The SMILES string of the molecule is CCC(C)C(N)C(=O)NC(CC(=O)O)C(=O)NC(Cc1ccccc1)C(=O)NC(Cc1ccc(O)cc1)C(=O)O. The van der Waals surface area contributed by atoms with Gasteiger partial charge >= 0.3 is 11.9 Å². The highest BCUT2D eigenvalue weighted by Gasteiger charge is 2.32. The molecule has 0 saturated heterocycles. The summed E-state index contributed by atoms with van der Waals surface area (Å²) in [4.78, 5) is 62.4.